The molecule has 2 amide bonds. The number of amides is 2. The second-order valence-electron chi connectivity index (χ2n) is 9.24. The summed E-state index contributed by atoms with van der Waals surface area (Å²) >= 11 is 0. The number of nitrogens with two attached hydrogens (primary N) is 1. The van der Waals surface area contributed by atoms with Crippen LogP contribution in [0.2, 0.25) is 0 Å². The predicted octanol–water partition coefficient (Wildman–Crippen LogP) is 4.43. The van der Waals surface area contributed by atoms with E-state index in [2.05, 4.69) is 10.4 Å². The number of hydrogen-bond donors (Lipinski definition) is 2. The standard InChI is InChI=1S/C25H29N5O3/c1-25(2,3)33-24(32)30-11-9-16(10-12-30)17-5-7-20(21(26)14-17)23(31)27-19-6-8-22-18(13-19)15-29(4)28-22/h5-9,13-15H,10-12,26H2,1-4H3,(H,27,31). The molecule has 2 heterocycles. The fourth-order valence-electron chi connectivity index (χ4n) is 3.82. The van der Waals surface area contributed by atoms with Crippen molar-refractivity contribution < 1.29 is 14.3 Å². The predicted molar refractivity (Wildman–Crippen MR) is 130 cm³/mol. The molecule has 0 bridgehead atoms. The first-order valence-corrected chi connectivity index (χ1v) is 10.9. The third kappa shape index (κ3) is 5.16. The minimum Gasteiger partial charge on any atom is -0.444 e. The number of nitrogen functional groups attached to an aromatic ring is 1. The third-order valence-corrected chi connectivity index (χ3v) is 5.40. The van der Waals surface area contributed by atoms with Crippen molar-refractivity contribution in [1.29, 1.82) is 0 Å². The van der Waals surface area contributed by atoms with E-state index in [1.165, 1.54) is 0 Å². The van der Waals surface area contributed by atoms with Crippen molar-refractivity contribution in [3.63, 3.8) is 0 Å². The Kier molecular flexibility index (Phi) is 5.84. The first-order valence-electron chi connectivity index (χ1n) is 10.9. The van der Waals surface area contributed by atoms with E-state index in [1.54, 1.807) is 15.6 Å². The minimum atomic E-state index is -0.518. The van der Waals surface area contributed by atoms with Gasteiger partial charge in [0.05, 0.1) is 11.1 Å². The maximum atomic E-state index is 12.8. The van der Waals surface area contributed by atoms with Crippen molar-refractivity contribution in [2.24, 2.45) is 7.05 Å². The van der Waals surface area contributed by atoms with E-state index in [9.17, 15) is 9.59 Å². The highest BCUT2D eigenvalue weighted by Crippen LogP contribution is 2.27. The summed E-state index contributed by atoms with van der Waals surface area (Å²) in [6.07, 6.45) is 4.28. The molecular formula is C25H29N5O3. The lowest BCUT2D eigenvalue weighted by Gasteiger charge is -2.29. The second-order valence-corrected chi connectivity index (χ2v) is 9.24. The molecule has 0 atom stereocenters. The number of nitrogens with zero attached hydrogens (tertiary/aromatic N) is 3. The fourth-order valence-corrected chi connectivity index (χ4v) is 3.82. The van der Waals surface area contributed by atoms with E-state index >= 15 is 0 Å². The number of rotatable bonds is 3. The number of aromatic nitrogens is 2. The lowest BCUT2D eigenvalue weighted by Crippen LogP contribution is -2.39. The molecule has 4 rings (SSSR count). The first-order chi connectivity index (χ1) is 15.6. The van der Waals surface area contributed by atoms with E-state index in [-0.39, 0.29) is 12.0 Å². The quantitative estimate of drug-likeness (QED) is 0.578. The van der Waals surface area contributed by atoms with Crippen molar-refractivity contribution in [2.45, 2.75) is 32.8 Å². The zero-order valence-corrected chi connectivity index (χ0v) is 19.4. The van der Waals surface area contributed by atoms with E-state index in [1.807, 2.05) is 70.4 Å². The summed E-state index contributed by atoms with van der Waals surface area (Å²) in [5, 5.41) is 8.19. The highest BCUT2D eigenvalue weighted by Gasteiger charge is 2.24. The molecule has 8 nitrogen and oxygen atoms in total. The van der Waals surface area contributed by atoms with Crippen LogP contribution in [0.4, 0.5) is 16.2 Å². The summed E-state index contributed by atoms with van der Waals surface area (Å²) in [4.78, 5) is 26.8. The van der Waals surface area contributed by atoms with Gasteiger partial charge in [-0.25, -0.2) is 4.79 Å². The molecule has 1 aromatic heterocycles. The topological polar surface area (TPSA) is 102 Å². The summed E-state index contributed by atoms with van der Waals surface area (Å²) in [6.45, 7) is 6.61. The summed E-state index contributed by atoms with van der Waals surface area (Å²) in [5.74, 6) is -0.268. The number of fused-ring (bicyclic) bond motifs is 1. The number of ether oxygens (including phenoxy) is 1. The van der Waals surface area contributed by atoms with Crippen molar-refractivity contribution in [3.05, 3.63) is 59.8 Å². The number of anilines is 2. The van der Waals surface area contributed by atoms with Crippen molar-refractivity contribution in [2.75, 3.05) is 24.1 Å². The third-order valence-electron chi connectivity index (χ3n) is 5.40. The van der Waals surface area contributed by atoms with Gasteiger partial charge in [0, 0.05) is 43.1 Å². The summed E-state index contributed by atoms with van der Waals surface area (Å²) in [7, 11) is 1.86. The number of aryl methyl sites for hydroxylation is 1. The largest absolute Gasteiger partial charge is 0.444 e. The van der Waals surface area contributed by atoms with Crippen LogP contribution in [0.3, 0.4) is 0 Å². The number of carbonyl (C=O) groups is 2. The van der Waals surface area contributed by atoms with Gasteiger partial charge in [-0.05, 0) is 68.7 Å². The Balaban J connectivity index is 1.44. The molecule has 0 spiro atoms. The van der Waals surface area contributed by atoms with Crippen LogP contribution in [0.15, 0.2) is 48.7 Å². The lowest BCUT2D eigenvalue weighted by molar-refractivity contribution is 0.0270. The molecule has 2 aromatic carbocycles. The van der Waals surface area contributed by atoms with Crippen LogP contribution in [0, 0.1) is 0 Å². The molecule has 33 heavy (non-hydrogen) atoms. The van der Waals surface area contributed by atoms with Crippen LogP contribution in [0.1, 0.15) is 43.1 Å². The molecule has 0 saturated carbocycles. The molecule has 3 N–H and O–H groups in total. The van der Waals surface area contributed by atoms with Gasteiger partial charge >= 0.3 is 6.09 Å². The molecule has 0 unspecified atom stereocenters. The van der Waals surface area contributed by atoms with E-state index in [4.69, 9.17) is 10.5 Å². The average molecular weight is 448 g/mol. The van der Waals surface area contributed by atoms with Gasteiger partial charge in [-0.15, -0.1) is 0 Å². The Morgan fingerprint density at radius 2 is 1.94 bits per heavy atom. The molecule has 1 aliphatic heterocycles. The molecule has 8 heteroatoms. The van der Waals surface area contributed by atoms with Crippen LogP contribution in [0.5, 0.6) is 0 Å². The van der Waals surface area contributed by atoms with E-state index in [0.717, 1.165) is 22.0 Å². The van der Waals surface area contributed by atoms with Gasteiger partial charge in [-0.2, -0.15) is 5.10 Å². The Morgan fingerprint density at radius 1 is 1.15 bits per heavy atom. The van der Waals surface area contributed by atoms with Crippen LogP contribution in [-0.4, -0.2) is 45.4 Å². The Labute approximate surface area is 193 Å². The Bertz CT molecular complexity index is 1250. The summed E-state index contributed by atoms with van der Waals surface area (Å²) in [5.41, 5.74) is 10.1. The van der Waals surface area contributed by atoms with Crippen molar-refractivity contribution in [3.8, 4) is 0 Å². The Morgan fingerprint density at radius 3 is 2.61 bits per heavy atom. The highest BCUT2D eigenvalue weighted by molar-refractivity contribution is 6.08. The smallest absolute Gasteiger partial charge is 0.410 e. The summed E-state index contributed by atoms with van der Waals surface area (Å²) in [6, 6.07) is 11.0. The molecule has 1 aliphatic rings. The van der Waals surface area contributed by atoms with E-state index in [0.29, 0.717) is 36.4 Å². The summed E-state index contributed by atoms with van der Waals surface area (Å²) < 4.78 is 7.18. The van der Waals surface area contributed by atoms with Gasteiger partial charge in [0.15, 0.2) is 0 Å². The van der Waals surface area contributed by atoms with Crippen LogP contribution in [0.25, 0.3) is 16.5 Å². The number of carbonyl (C=O) groups excluding carboxylic acids is 2. The number of hydrogen-bond acceptors (Lipinski definition) is 5. The molecule has 0 radical (unpaired) electrons. The Hall–Kier alpha value is -3.81. The van der Waals surface area contributed by atoms with Crippen LogP contribution < -0.4 is 11.1 Å². The SMILES string of the molecule is Cn1cc2cc(NC(=O)c3ccc(C4=CCN(C(=O)OC(C)(C)C)CC4)cc3N)ccc2n1. The van der Waals surface area contributed by atoms with Gasteiger partial charge in [0.25, 0.3) is 5.91 Å². The zero-order chi connectivity index (χ0) is 23.8. The zero-order valence-electron chi connectivity index (χ0n) is 19.4. The monoisotopic (exact) mass is 447 g/mol. The number of benzene rings is 2. The van der Waals surface area contributed by atoms with Crippen molar-refractivity contribution in [1.82, 2.24) is 14.7 Å². The van der Waals surface area contributed by atoms with Crippen LogP contribution in [-0.2, 0) is 11.8 Å². The molecular weight excluding hydrogens is 418 g/mol. The molecule has 0 aliphatic carbocycles. The van der Waals surface area contributed by atoms with Crippen molar-refractivity contribution >= 4 is 39.9 Å². The molecule has 172 valence electrons. The van der Waals surface area contributed by atoms with Gasteiger partial charge in [0.2, 0.25) is 0 Å². The van der Waals surface area contributed by atoms with Gasteiger partial charge in [-0.1, -0.05) is 12.1 Å². The average Bonchev–Trinajstić information content (AvgIpc) is 3.11. The van der Waals surface area contributed by atoms with E-state index < -0.39 is 5.60 Å². The normalized spacial score (nSPS) is 14.2. The van der Waals surface area contributed by atoms with Gasteiger partial charge in [-0.3, -0.25) is 9.48 Å². The fraction of sp³-hybridized carbons (Fsp3) is 0.320. The minimum absolute atomic E-state index is 0.268. The maximum absolute atomic E-state index is 12.8. The first kappa shape index (κ1) is 22.4. The molecule has 0 saturated heterocycles. The second kappa shape index (κ2) is 8.61. The van der Waals surface area contributed by atoms with Gasteiger partial charge < -0.3 is 20.7 Å². The maximum Gasteiger partial charge on any atom is 0.410 e. The molecule has 0 fully saturated rings. The molecule has 3 aromatic rings. The highest BCUT2D eigenvalue weighted by atomic mass is 16.6. The lowest BCUT2D eigenvalue weighted by atomic mass is 9.97. The van der Waals surface area contributed by atoms with Crippen LogP contribution >= 0.6 is 0 Å². The number of nitrogens with one attached hydrogen (secondary N) is 1. The van der Waals surface area contributed by atoms with Gasteiger partial charge in [0.1, 0.15) is 5.60 Å².